The zero-order valence-electron chi connectivity index (χ0n) is 22.2. The lowest BCUT2D eigenvalue weighted by Crippen LogP contribution is -2.45. The molecule has 4 heterocycles. The van der Waals surface area contributed by atoms with E-state index in [0.717, 1.165) is 60.6 Å². The van der Waals surface area contributed by atoms with Gasteiger partial charge in [0.1, 0.15) is 17.4 Å². The Balaban J connectivity index is 1.31. The normalized spacial score (nSPS) is 16.3. The van der Waals surface area contributed by atoms with Gasteiger partial charge in [-0.05, 0) is 43.1 Å². The number of anilines is 1. The van der Waals surface area contributed by atoms with E-state index in [-0.39, 0.29) is 6.04 Å². The lowest BCUT2D eigenvalue weighted by Gasteiger charge is -2.33. The Kier molecular flexibility index (Phi) is 7.65. The zero-order valence-corrected chi connectivity index (χ0v) is 22.2. The SMILES string of the molecule is CCc1cccn2c(-c3nc(N[C@@H](C)c4ccc(C(O)CN5CCN(C)CC5)cc4)ncc3C#N)cnc12. The second kappa shape index (κ2) is 11.3. The van der Waals surface area contributed by atoms with Gasteiger partial charge in [-0.25, -0.2) is 15.0 Å². The van der Waals surface area contributed by atoms with Crippen LogP contribution in [0.15, 0.2) is 55.0 Å². The van der Waals surface area contributed by atoms with Gasteiger partial charge >= 0.3 is 0 Å². The fourth-order valence-corrected chi connectivity index (χ4v) is 4.91. The lowest BCUT2D eigenvalue weighted by atomic mass is 10.0. The number of aromatic nitrogens is 4. The maximum absolute atomic E-state index is 10.8. The number of likely N-dealkylation sites (N-methyl/N-ethyl adjacent to an activating group) is 1. The molecule has 1 unspecified atom stereocenters. The average Bonchev–Trinajstić information content (AvgIpc) is 3.38. The largest absolute Gasteiger partial charge is 0.387 e. The Bertz CT molecular complexity index is 1430. The predicted molar refractivity (Wildman–Crippen MR) is 148 cm³/mol. The summed E-state index contributed by atoms with van der Waals surface area (Å²) in [6.07, 6.45) is 5.61. The van der Waals surface area contributed by atoms with Crippen molar-refractivity contribution in [2.24, 2.45) is 0 Å². The molecule has 1 saturated heterocycles. The van der Waals surface area contributed by atoms with Gasteiger partial charge < -0.3 is 15.3 Å². The van der Waals surface area contributed by atoms with Crippen LogP contribution in [0, 0.1) is 11.3 Å². The molecule has 0 aliphatic carbocycles. The molecule has 0 bridgehead atoms. The van der Waals surface area contributed by atoms with Gasteiger partial charge in [-0.15, -0.1) is 0 Å². The lowest BCUT2D eigenvalue weighted by molar-refractivity contribution is 0.0805. The highest BCUT2D eigenvalue weighted by molar-refractivity contribution is 5.68. The maximum Gasteiger partial charge on any atom is 0.223 e. The summed E-state index contributed by atoms with van der Waals surface area (Å²) in [5.74, 6) is 0.437. The van der Waals surface area contributed by atoms with E-state index in [0.29, 0.717) is 23.8 Å². The smallest absolute Gasteiger partial charge is 0.223 e. The van der Waals surface area contributed by atoms with Gasteiger partial charge in [0.25, 0.3) is 0 Å². The quantitative estimate of drug-likeness (QED) is 0.370. The van der Waals surface area contributed by atoms with E-state index >= 15 is 0 Å². The van der Waals surface area contributed by atoms with Crippen LogP contribution in [0.25, 0.3) is 17.0 Å². The summed E-state index contributed by atoms with van der Waals surface area (Å²) in [6, 6.07) is 14.2. The number of pyridine rings is 1. The minimum atomic E-state index is -0.515. The number of rotatable bonds is 8. The summed E-state index contributed by atoms with van der Waals surface area (Å²) >= 11 is 0. The van der Waals surface area contributed by atoms with Crippen LogP contribution in [0.2, 0.25) is 0 Å². The van der Waals surface area contributed by atoms with Crippen LogP contribution in [-0.4, -0.2) is 74.0 Å². The number of nitrogens with one attached hydrogen (secondary N) is 1. The molecule has 0 saturated carbocycles. The maximum atomic E-state index is 10.8. The molecule has 1 aliphatic heterocycles. The molecule has 3 aromatic heterocycles. The Morgan fingerprint density at radius 3 is 2.50 bits per heavy atom. The molecule has 2 N–H and O–H groups in total. The van der Waals surface area contributed by atoms with Crippen LogP contribution in [0.4, 0.5) is 5.95 Å². The predicted octanol–water partition coefficient (Wildman–Crippen LogP) is 3.68. The standard InChI is InChI=1S/C29H34N8O/c1-4-21-6-5-11-37-25(18-31-28(21)37)27-24(16-30)17-32-29(34-27)33-20(2)22-7-9-23(10-8-22)26(38)19-36-14-12-35(3)13-15-36/h5-11,17-18,20,26,38H,4,12-15,19H2,1-3H3,(H,32,33,34)/t20-,26?/m0/s1. The number of fused-ring (bicyclic) bond motifs is 1. The van der Waals surface area contributed by atoms with Crippen LogP contribution in [0.5, 0.6) is 0 Å². The summed E-state index contributed by atoms with van der Waals surface area (Å²) in [7, 11) is 2.13. The number of imidazole rings is 1. The number of nitriles is 1. The highest BCUT2D eigenvalue weighted by atomic mass is 16.3. The minimum absolute atomic E-state index is 0.0755. The van der Waals surface area contributed by atoms with E-state index in [4.69, 9.17) is 4.98 Å². The molecule has 0 amide bonds. The van der Waals surface area contributed by atoms with Crippen LogP contribution in [-0.2, 0) is 6.42 Å². The van der Waals surface area contributed by atoms with Gasteiger partial charge in [0.2, 0.25) is 5.95 Å². The van der Waals surface area contributed by atoms with Crippen molar-refractivity contribution < 1.29 is 5.11 Å². The fourth-order valence-electron chi connectivity index (χ4n) is 4.91. The van der Waals surface area contributed by atoms with E-state index in [2.05, 4.69) is 51.2 Å². The summed E-state index contributed by atoms with van der Waals surface area (Å²) in [5, 5.41) is 23.8. The van der Waals surface area contributed by atoms with Crippen molar-refractivity contribution >= 4 is 11.6 Å². The van der Waals surface area contributed by atoms with Crippen LogP contribution in [0.1, 0.15) is 48.2 Å². The minimum Gasteiger partial charge on any atom is -0.387 e. The van der Waals surface area contributed by atoms with E-state index in [9.17, 15) is 10.4 Å². The first-order valence-corrected chi connectivity index (χ1v) is 13.1. The molecule has 4 aromatic rings. The van der Waals surface area contributed by atoms with E-state index < -0.39 is 6.10 Å². The number of piperazine rings is 1. The molecular formula is C29H34N8O. The Hall–Kier alpha value is -3.84. The third kappa shape index (κ3) is 5.38. The molecule has 9 nitrogen and oxygen atoms in total. The number of β-amino-alcohol motifs (C(OH)–C–C–N with tert-alkyl or cyclic N) is 1. The van der Waals surface area contributed by atoms with Crippen molar-refractivity contribution in [2.75, 3.05) is 45.1 Å². The van der Waals surface area contributed by atoms with Crippen molar-refractivity contribution in [3.63, 3.8) is 0 Å². The van der Waals surface area contributed by atoms with Gasteiger partial charge in [-0.2, -0.15) is 5.26 Å². The zero-order chi connectivity index (χ0) is 26.6. The Labute approximate surface area is 223 Å². The van der Waals surface area contributed by atoms with Crippen LogP contribution >= 0.6 is 0 Å². The number of aryl methyl sites for hydroxylation is 1. The van der Waals surface area contributed by atoms with Crippen molar-refractivity contribution in [1.29, 1.82) is 5.26 Å². The summed E-state index contributed by atoms with van der Waals surface area (Å²) in [5.41, 5.74) is 5.66. The molecule has 1 aromatic carbocycles. The molecule has 0 radical (unpaired) electrons. The van der Waals surface area contributed by atoms with Gasteiger partial charge in [0.05, 0.1) is 35.8 Å². The molecular weight excluding hydrogens is 476 g/mol. The summed E-state index contributed by atoms with van der Waals surface area (Å²) in [6.45, 7) is 8.81. The fraction of sp³-hybridized carbons (Fsp3) is 0.379. The van der Waals surface area contributed by atoms with E-state index in [1.54, 1.807) is 12.4 Å². The number of hydrogen-bond acceptors (Lipinski definition) is 8. The molecule has 9 heteroatoms. The van der Waals surface area contributed by atoms with Gasteiger partial charge in [0, 0.05) is 38.9 Å². The van der Waals surface area contributed by atoms with Crippen LogP contribution < -0.4 is 5.32 Å². The molecule has 1 aliphatic rings. The molecule has 2 atom stereocenters. The monoisotopic (exact) mass is 510 g/mol. The number of aliphatic hydroxyl groups is 1. The van der Waals surface area contributed by atoms with E-state index in [1.165, 1.54) is 0 Å². The van der Waals surface area contributed by atoms with Crippen molar-refractivity contribution in [3.05, 3.63) is 77.2 Å². The van der Waals surface area contributed by atoms with Gasteiger partial charge in [-0.3, -0.25) is 9.30 Å². The van der Waals surface area contributed by atoms with Gasteiger partial charge in [-0.1, -0.05) is 37.3 Å². The second-order valence-electron chi connectivity index (χ2n) is 9.94. The third-order valence-corrected chi connectivity index (χ3v) is 7.34. The number of benzene rings is 1. The third-order valence-electron chi connectivity index (χ3n) is 7.34. The Morgan fingerprint density at radius 1 is 1.05 bits per heavy atom. The van der Waals surface area contributed by atoms with Crippen LogP contribution in [0.3, 0.4) is 0 Å². The first kappa shape index (κ1) is 25.8. The highest BCUT2D eigenvalue weighted by Crippen LogP contribution is 2.26. The topological polar surface area (TPSA) is 106 Å². The number of nitrogens with zero attached hydrogens (tertiary/aromatic N) is 7. The molecule has 1 fully saturated rings. The summed E-state index contributed by atoms with van der Waals surface area (Å²) in [4.78, 5) is 18.3. The van der Waals surface area contributed by atoms with Gasteiger partial charge in [0.15, 0.2) is 0 Å². The molecule has 196 valence electrons. The molecule has 38 heavy (non-hydrogen) atoms. The second-order valence-corrected chi connectivity index (χ2v) is 9.94. The number of aliphatic hydroxyl groups excluding tert-OH is 1. The highest BCUT2D eigenvalue weighted by Gasteiger charge is 2.19. The number of hydrogen-bond donors (Lipinski definition) is 2. The summed E-state index contributed by atoms with van der Waals surface area (Å²) < 4.78 is 1.97. The first-order chi connectivity index (χ1) is 18.5. The average molecular weight is 511 g/mol. The Morgan fingerprint density at radius 2 is 1.79 bits per heavy atom. The van der Waals surface area contributed by atoms with Crippen molar-refractivity contribution in [1.82, 2.24) is 29.2 Å². The van der Waals surface area contributed by atoms with E-state index in [1.807, 2.05) is 47.9 Å². The molecule has 0 spiro atoms. The van der Waals surface area contributed by atoms with Crippen molar-refractivity contribution in [3.8, 4) is 17.5 Å². The molecule has 5 rings (SSSR count). The van der Waals surface area contributed by atoms with Crippen molar-refractivity contribution in [2.45, 2.75) is 32.4 Å². The first-order valence-electron chi connectivity index (χ1n) is 13.1.